The van der Waals surface area contributed by atoms with Gasteiger partial charge in [0.15, 0.2) is 0 Å². The van der Waals surface area contributed by atoms with Crippen LogP contribution in [0.3, 0.4) is 0 Å². The van der Waals surface area contributed by atoms with Crippen molar-refractivity contribution in [3.8, 4) is 5.75 Å². The molecular formula is C18H16N2O5S2. The molecule has 2 N–H and O–H groups in total. The zero-order valence-electron chi connectivity index (χ0n) is 14.3. The van der Waals surface area contributed by atoms with Crippen LogP contribution in [-0.4, -0.2) is 54.1 Å². The number of carbonyl (C=O) groups excluding carboxylic acids is 4. The number of nitrogens with one attached hydrogen (secondary N) is 2. The van der Waals surface area contributed by atoms with Crippen molar-refractivity contribution in [2.75, 3.05) is 20.2 Å². The maximum absolute atomic E-state index is 12.7. The fourth-order valence-electron chi connectivity index (χ4n) is 3.24. The average Bonchev–Trinajstić information content (AvgIpc) is 3.11. The number of hydrogen-bond donors (Lipinski definition) is 2. The van der Waals surface area contributed by atoms with Crippen molar-refractivity contribution in [1.29, 1.82) is 0 Å². The van der Waals surface area contributed by atoms with Crippen molar-refractivity contribution in [3.63, 3.8) is 0 Å². The number of thioether (sulfide) groups is 2. The van der Waals surface area contributed by atoms with E-state index < -0.39 is 29.1 Å². The molecule has 27 heavy (non-hydrogen) atoms. The van der Waals surface area contributed by atoms with E-state index in [4.69, 9.17) is 4.74 Å². The van der Waals surface area contributed by atoms with E-state index in [2.05, 4.69) is 10.6 Å². The van der Waals surface area contributed by atoms with E-state index in [0.29, 0.717) is 15.6 Å². The molecule has 1 aliphatic carbocycles. The summed E-state index contributed by atoms with van der Waals surface area (Å²) in [5.41, 5.74) is 0.0445. The van der Waals surface area contributed by atoms with Crippen LogP contribution >= 0.6 is 23.5 Å². The normalized spacial score (nSPS) is 28.6. The van der Waals surface area contributed by atoms with E-state index >= 15 is 0 Å². The molecule has 0 amide bonds. The molecule has 4 rings (SSSR count). The van der Waals surface area contributed by atoms with Crippen LogP contribution in [0.4, 0.5) is 0 Å². The van der Waals surface area contributed by atoms with E-state index in [1.54, 1.807) is 12.1 Å². The van der Waals surface area contributed by atoms with E-state index in [1.165, 1.54) is 42.8 Å². The lowest BCUT2D eigenvalue weighted by atomic mass is 9.78. The van der Waals surface area contributed by atoms with Gasteiger partial charge in [0.25, 0.3) is 0 Å². The minimum Gasteiger partial charge on any atom is -0.497 e. The van der Waals surface area contributed by atoms with Gasteiger partial charge in [-0.25, -0.2) is 0 Å². The fraction of sp³-hybridized carbons (Fsp3) is 0.333. The van der Waals surface area contributed by atoms with Crippen molar-refractivity contribution in [2.45, 2.75) is 16.7 Å². The number of methoxy groups -OCH3 is 1. The van der Waals surface area contributed by atoms with Gasteiger partial charge in [0.2, 0.25) is 23.1 Å². The summed E-state index contributed by atoms with van der Waals surface area (Å²) >= 11 is 2.64. The first kappa shape index (κ1) is 18.4. The van der Waals surface area contributed by atoms with Crippen molar-refractivity contribution < 1.29 is 23.9 Å². The summed E-state index contributed by atoms with van der Waals surface area (Å²) in [6, 6.07) is 6.23. The summed E-state index contributed by atoms with van der Waals surface area (Å²) in [5.74, 6) is -4.30. The molecule has 140 valence electrons. The van der Waals surface area contributed by atoms with Crippen molar-refractivity contribution >= 4 is 46.7 Å². The topological polar surface area (TPSA) is 102 Å². The van der Waals surface area contributed by atoms with Gasteiger partial charge in [0.05, 0.1) is 27.7 Å². The molecule has 9 heteroatoms. The van der Waals surface area contributed by atoms with Crippen molar-refractivity contribution in [3.05, 3.63) is 39.6 Å². The third-order valence-corrected chi connectivity index (χ3v) is 7.61. The molecule has 2 saturated heterocycles. The number of piperazine rings is 1. The summed E-state index contributed by atoms with van der Waals surface area (Å²) in [6.07, 6.45) is 0. The highest BCUT2D eigenvalue weighted by Gasteiger charge is 2.49. The van der Waals surface area contributed by atoms with Crippen LogP contribution < -0.4 is 15.4 Å². The molecule has 0 radical (unpaired) electrons. The van der Waals surface area contributed by atoms with Gasteiger partial charge in [-0.1, -0.05) is 35.7 Å². The summed E-state index contributed by atoms with van der Waals surface area (Å²) in [4.78, 5) is 50.8. The molecule has 1 saturated carbocycles. The van der Waals surface area contributed by atoms with Gasteiger partial charge < -0.3 is 15.4 Å². The minimum atomic E-state index is -1.38. The zero-order valence-corrected chi connectivity index (χ0v) is 15.9. The number of fused-ring (bicyclic) bond motifs is 1. The molecule has 2 heterocycles. The molecule has 3 fully saturated rings. The van der Waals surface area contributed by atoms with Crippen molar-refractivity contribution in [1.82, 2.24) is 10.6 Å². The predicted molar refractivity (Wildman–Crippen MR) is 102 cm³/mol. The lowest BCUT2D eigenvalue weighted by molar-refractivity contribution is -0.146. The van der Waals surface area contributed by atoms with Crippen LogP contribution in [0.1, 0.15) is 11.5 Å². The largest absolute Gasteiger partial charge is 0.497 e. The van der Waals surface area contributed by atoms with Crippen LogP contribution in [0.5, 0.6) is 5.75 Å². The Labute approximate surface area is 163 Å². The Balaban J connectivity index is 1.66. The summed E-state index contributed by atoms with van der Waals surface area (Å²) in [5, 5.41) is 6.57. The maximum atomic E-state index is 12.7. The molecule has 0 spiro atoms. The second kappa shape index (κ2) is 7.23. The minimum absolute atomic E-state index is 0.00337. The molecule has 7 nitrogen and oxygen atoms in total. The van der Waals surface area contributed by atoms with Gasteiger partial charge in [0, 0.05) is 13.1 Å². The summed E-state index contributed by atoms with van der Waals surface area (Å²) in [7, 11) is 1.50. The van der Waals surface area contributed by atoms with Crippen LogP contribution in [0.15, 0.2) is 34.1 Å². The average molecular weight is 404 g/mol. The number of benzene rings is 1. The first-order valence-corrected chi connectivity index (χ1v) is 10.1. The fourth-order valence-corrected chi connectivity index (χ4v) is 6.33. The Kier molecular flexibility index (Phi) is 4.94. The highest BCUT2D eigenvalue weighted by molar-refractivity contribution is 8.26. The molecule has 0 aromatic heterocycles. The Hall–Kier alpha value is -1.94. The van der Waals surface area contributed by atoms with E-state index in [9.17, 15) is 19.2 Å². The SMILES string of the molecule is COc1ccc(C2C(=O)C(=O)C(=C3SC4NCCNC4S3)C(=O)C2=O)cc1. The van der Waals surface area contributed by atoms with Crippen LogP contribution in [-0.2, 0) is 19.2 Å². The monoisotopic (exact) mass is 404 g/mol. The number of ketones is 4. The number of allylic oxidation sites excluding steroid dienone is 1. The maximum Gasteiger partial charge on any atom is 0.235 e. The molecule has 1 aromatic carbocycles. The van der Waals surface area contributed by atoms with E-state index in [0.717, 1.165) is 13.1 Å². The van der Waals surface area contributed by atoms with Gasteiger partial charge in [-0.2, -0.15) is 0 Å². The van der Waals surface area contributed by atoms with Gasteiger partial charge in [0.1, 0.15) is 11.7 Å². The Morgan fingerprint density at radius 1 is 0.889 bits per heavy atom. The van der Waals surface area contributed by atoms with Gasteiger partial charge in [-0.3, -0.25) is 19.2 Å². The van der Waals surface area contributed by atoms with Crippen LogP contribution in [0.25, 0.3) is 0 Å². The number of Topliss-reactive ketones (excluding diaryl/α,β-unsaturated/α-hetero) is 4. The first-order chi connectivity index (χ1) is 13.0. The molecule has 0 bridgehead atoms. The number of carbonyl (C=O) groups is 4. The highest BCUT2D eigenvalue weighted by atomic mass is 32.2. The third-order valence-electron chi connectivity index (χ3n) is 4.64. The lowest BCUT2D eigenvalue weighted by Crippen LogP contribution is -2.50. The molecular weight excluding hydrogens is 388 g/mol. The van der Waals surface area contributed by atoms with Crippen LogP contribution in [0, 0.1) is 0 Å². The lowest BCUT2D eigenvalue weighted by Gasteiger charge is -2.25. The molecule has 2 unspecified atom stereocenters. The number of hydrogen-bond acceptors (Lipinski definition) is 9. The second-order valence-corrected chi connectivity index (χ2v) is 8.80. The quantitative estimate of drug-likeness (QED) is 0.318. The Bertz CT molecular complexity index is 834. The van der Waals surface area contributed by atoms with E-state index in [1.807, 2.05) is 0 Å². The number of ether oxygens (including phenoxy) is 1. The van der Waals surface area contributed by atoms with E-state index in [-0.39, 0.29) is 16.3 Å². The van der Waals surface area contributed by atoms with Gasteiger partial charge >= 0.3 is 0 Å². The predicted octanol–water partition coefficient (Wildman–Crippen LogP) is 0.605. The van der Waals surface area contributed by atoms with Gasteiger partial charge in [-0.05, 0) is 17.7 Å². The van der Waals surface area contributed by atoms with Gasteiger partial charge in [-0.15, -0.1) is 0 Å². The molecule has 2 atom stereocenters. The third kappa shape index (κ3) is 3.14. The molecule has 2 aliphatic heterocycles. The van der Waals surface area contributed by atoms with Crippen LogP contribution in [0.2, 0.25) is 0 Å². The Morgan fingerprint density at radius 2 is 1.41 bits per heavy atom. The summed E-state index contributed by atoms with van der Waals surface area (Å²) in [6.45, 7) is 1.55. The molecule has 1 aromatic rings. The summed E-state index contributed by atoms with van der Waals surface area (Å²) < 4.78 is 5.50. The second-order valence-electron chi connectivity index (χ2n) is 6.24. The standard InChI is InChI=1S/C18H16N2O5S2/c1-25-9-4-2-8(3-5-9)10-12(21)14(23)11(15(24)13(10)22)18-26-16-17(27-18)20-7-6-19-16/h2-5,10,16-17,19-20H,6-7H2,1H3. The smallest absolute Gasteiger partial charge is 0.235 e. The number of rotatable bonds is 2. The zero-order chi connectivity index (χ0) is 19.1. The molecule has 3 aliphatic rings. The first-order valence-electron chi connectivity index (χ1n) is 8.36. The highest BCUT2D eigenvalue weighted by Crippen LogP contribution is 2.48. The van der Waals surface area contributed by atoms with Crippen molar-refractivity contribution in [2.24, 2.45) is 0 Å². The Morgan fingerprint density at radius 3 is 1.89 bits per heavy atom.